The second-order valence-electron chi connectivity index (χ2n) is 8.77. The molecule has 8 heteroatoms. The number of halogens is 1. The number of para-hydroxylation sites is 1. The Morgan fingerprint density at radius 2 is 1.59 bits per heavy atom. The zero-order valence-corrected chi connectivity index (χ0v) is 20.4. The monoisotopic (exact) mass is 475 g/mol. The Hall–Kier alpha value is -2.09. The van der Waals surface area contributed by atoms with E-state index in [0.717, 1.165) is 22.4 Å². The zero-order chi connectivity index (χ0) is 23.0. The van der Waals surface area contributed by atoms with Gasteiger partial charge < -0.3 is 9.80 Å². The van der Waals surface area contributed by atoms with Crippen molar-refractivity contribution in [3.05, 3.63) is 58.1 Å². The summed E-state index contributed by atoms with van der Waals surface area (Å²) < 4.78 is 28.6. The third kappa shape index (κ3) is 4.26. The first-order chi connectivity index (χ1) is 15.2. The van der Waals surface area contributed by atoms with Crippen LogP contribution in [0.5, 0.6) is 0 Å². The van der Waals surface area contributed by atoms with E-state index in [-0.39, 0.29) is 5.91 Å². The molecule has 0 bridgehead atoms. The van der Waals surface area contributed by atoms with Gasteiger partial charge in [0.15, 0.2) is 0 Å². The van der Waals surface area contributed by atoms with E-state index in [2.05, 4.69) is 4.90 Å². The summed E-state index contributed by atoms with van der Waals surface area (Å²) in [5.41, 5.74) is 3.46. The molecule has 172 valence electrons. The second kappa shape index (κ2) is 9.04. The first-order valence-corrected chi connectivity index (χ1v) is 12.9. The first-order valence-electron chi connectivity index (χ1n) is 11.1. The maximum atomic E-state index is 13.6. The van der Waals surface area contributed by atoms with Crippen molar-refractivity contribution in [2.24, 2.45) is 0 Å². The Morgan fingerprint density at radius 1 is 0.969 bits per heavy atom. The fraction of sp³-hybridized carbons (Fsp3) is 0.458. The smallest absolute Gasteiger partial charge is 0.244 e. The van der Waals surface area contributed by atoms with Crippen molar-refractivity contribution in [2.75, 3.05) is 37.6 Å². The van der Waals surface area contributed by atoms with Crippen LogP contribution in [0.3, 0.4) is 0 Å². The van der Waals surface area contributed by atoms with Gasteiger partial charge in [-0.1, -0.05) is 41.4 Å². The van der Waals surface area contributed by atoms with Crippen LogP contribution in [0.1, 0.15) is 29.5 Å². The van der Waals surface area contributed by atoms with Gasteiger partial charge in [0.25, 0.3) is 0 Å². The molecule has 0 radical (unpaired) electrons. The SMILES string of the molecule is Cc1cc(C)c(S(=O)(=O)N2CCCC2C(=O)N2CCN(c3ccccc3Cl)CC2)c(C)c1. The number of aryl methyl sites for hydroxylation is 3. The van der Waals surface area contributed by atoms with Gasteiger partial charge in [0, 0.05) is 32.7 Å². The number of piperazine rings is 1. The number of sulfonamides is 1. The zero-order valence-electron chi connectivity index (χ0n) is 18.8. The lowest BCUT2D eigenvalue weighted by molar-refractivity contribution is -0.134. The number of carbonyl (C=O) groups excluding carboxylic acids is 1. The summed E-state index contributed by atoms with van der Waals surface area (Å²) in [4.78, 5) is 17.7. The standard InChI is InChI=1S/C24H30ClN3O3S/c1-17-15-18(2)23(19(3)16-17)32(30,31)28-10-6-9-22(28)24(29)27-13-11-26(12-14-27)21-8-5-4-7-20(21)25/h4-5,7-8,15-16,22H,6,9-14H2,1-3H3. The molecule has 2 aromatic rings. The molecule has 1 atom stereocenters. The van der Waals surface area contributed by atoms with Crippen LogP contribution in [0.4, 0.5) is 5.69 Å². The minimum absolute atomic E-state index is 0.0905. The van der Waals surface area contributed by atoms with Crippen LogP contribution >= 0.6 is 11.6 Å². The molecular weight excluding hydrogens is 446 g/mol. The van der Waals surface area contributed by atoms with E-state index in [1.807, 2.05) is 57.2 Å². The average Bonchev–Trinajstić information content (AvgIpc) is 3.24. The topological polar surface area (TPSA) is 60.9 Å². The minimum Gasteiger partial charge on any atom is -0.367 e. The number of nitrogens with zero attached hydrogens (tertiary/aromatic N) is 3. The van der Waals surface area contributed by atoms with Crippen LogP contribution < -0.4 is 4.90 Å². The Labute approximate surface area is 195 Å². The highest BCUT2D eigenvalue weighted by molar-refractivity contribution is 7.89. The van der Waals surface area contributed by atoms with Crippen LogP contribution in [0, 0.1) is 20.8 Å². The predicted octanol–water partition coefficient (Wildman–Crippen LogP) is 3.77. The Kier molecular flexibility index (Phi) is 6.52. The quantitative estimate of drug-likeness (QED) is 0.675. The number of benzene rings is 2. The van der Waals surface area contributed by atoms with Crippen molar-refractivity contribution >= 4 is 33.2 Å². The molecule has 0 aromatic heterocycles. The molecule has 32 heavy (non-hydrogen) atoms. The highest BCUT2D eigenvalue weighted by atomic mass is 35.5. The summed E-state index contributed by atoms with van der Waals surface area (Å²) in [6, 6.07) is 10.9. The highest BCUT2D eigenvalue weighted by Crippen LogP contribution is 2.32. The van der Waals surface area contributed by atoms with Crippen molar-refractivity contribution in [1.29, 1.82) is 0 Å². The van der Waals surface area contributed by atoms with E-state index in [9.17, 15) is 13.2 Å². The lowest BCUT2D eigenvalue weighted by Gasteiger charge is -2.38. The summed E-state index contributed by atoms with van der Waals surface area (Å²) in [7, 11) is -3.75. The molecule has 2 aromatic carbocycles. The van der Waals surface area contributed by atoms with Crippen LogP contribution in [-0.4, -0.2) is 62.3 Å². The van der Waals surface area contributed by atoms with Gasteiger partial charge in [-0.3, -0.25) is 4.79 Å². The molecule has 2 aliphatic heterocycles. The number of hydrogen-bond donors (Lipinski definition) is 0. The van der Waals surface area contributed by atoms with Crippen molar-refractivity contribution in [3.63, 3.8) is 0 Å². The molecule has 1 amide bonds. The summed E-state index contributed by atoms with van der Waals surface area (Å²) >= 11 is 6.33. The molecule has 0 spiro atoms. The maximum Gasteiger partial charge on any atom is 0.244 e. The molecule has 0 N–H and O–H groups in total. The lowest BCUT2D eigenvalue weighted by atomic mass is 10.1. The van der Waals surface area contributed by atoms with Crippen molar-refractivity contribution in [1.82, 2.24) is 9.21 Å². The van der Waals surface area contributed by atoms with E-state index >= 15 is 0 Å². The molecule has 2 saturated heterocycles. The van der Waals surface area contributed by atoms with Gasteiger partial charge in [-0.15, -0.1) is 0 Å². The minimum atomic E-state index is -3.75. The molecule has 2 fully saturated rings. The van der Waals surface area contributed by atoms with Crippen molar-refractivity contribution in [2.45, 2.75) is 44.6 Å². The summed E-state index contributed by atoms with van der Waals surface area (Å²) in [5, 5.41) is 0.698. The van der Waals surface area contributed by atoms with Gasteiger partial charge in [-0.05, 0) is 56.9 Å². The fourth-order valence-corrected chi connectivity index (χ4v) is 7.37. The number of amides is 1. The summed E-state index contributed by atoms with van der Waals surface area (Å²) in [6.07, 6.45) is 1.26. The molecule has 2 heterocycles. The van der Waals surface area contributed by atoms with Crippen LogP contribution in [-0.2, 0) is 14.8 Å². The van der Waals surface area contributed by atoms with Crippen LogP contribution in [0.25, 0.3) is 0 Å². The summed E-state index contributed by atoms with van der Waals surface area (Å²) in [5.74, 6) is -0.0905. The second-order valence-corrected chi connectivity index (χ2v) is 11.0. The lowest BCUT2D eigenvalue weighted by Crippen LogP contribution is -2.54. The van der Waals surface area contributed by atoms with Gasteiger partial charge in [-0.25, -0.2) is 8.42 Å². The van der Waals surface area contributed by atoms with Gasteiger partial charge >= 0.3 is 0 Å². The third-order valence-electron chi connectivity index (χ3n) is 6.44. The Morgan fingerprint density at radius 3 is 2.22 bits per heavy atom. The molecule has 0 aliphatic carbocycles. The molecule has 6 nitrogen and oxygen atoms in total. The highest BCUT2D eigenvalue weighted by Gasteiger charge is 2.42. The van der Waals surface area contributed by atoms with Crippen LogP contribution in [0.2, 0.25) is 5.02 Å². The first kappa shape index (κ1) is 23.1. The average molecular weight is 476 g/mol. The number of rotatable bonds is 4. The van der Waals surface area contributed by atoms with Gasteiger partial charge in [0.2, 0.25) is 15.9 Å². The van der Waals surface area contributed by atoms with E-state index < -0.39 is 16.1 Å². The van der Waals surface area contributed by atoms with Gasteiger partial charge in [-0.2, -0.15) is 4.31 Å². The van der Waals surface area contributed by atoms with Crippen LogP contribution in [0.15, 0.2) is 41.3 Å². The normalized spacial score (nSPS) is 20.1. The Bertz CT molecular complexity index is 1100. The maximum absolute atomic E-state index is 13.6. The van der Waals surface area contributed by atoms with Crippen molar-refractivity contribution in [3.8, 4) is 0 Å². The van der Waals surface area contributed by atoms with Gasteiger partial charge in [0.05, 0.1) is 15.6 Å². The van der Waals surface area contributed by atoms with E-state index in [1.54, 1.807) is 4.90 Å². The number of carbonyl (C=O) groups is 1. The summed E-state index contributed by atoms with van der Waals surface area (Å²) in [6.45, 7) is 8.44. The third-order valence-corrected chi connectivity index (χ3v) is 8.98. The molecule has 1 unspecified atom stereocenters. The van der Waals surface area contributed by atoms with E-state index in [1.165, 1.54) is 4.31 Å². The molecule has 0 saturated carbocycles. The van der Waals surface area contributed by atoms with E-state index in [0.29, 0.717) is 55.5 Å². The Balaban J connectivity index is 1.51. The number of anilines is 1. The largest absolute Gasteiger partial charge is 0.367 e. The predicted molar refractivity (Wildman–Crippen MR) is 128 cm³/mol. The molecule has 2 aliphatic rings. The number of hydrogen-bond acceptors (Lipinski definition) is 4. The fourth-order valence-electron chi connectivity index (χ4n) is 5.05. The molecule has 4 rings (SSSR count). The van der Waals surface area contributed by atoms with Gasteiger partial charge in [0.1, 0.15) is 6.04 Å². The van der Waals surface area contributed by atoms with Crippen molar-refractivity contribution < 1.29 is 13.2 Å². The van der Waals surface area contributed by atoms with E-state index in [4.69, 9.17) is 11.6 Å². The molecular formula is C24H30ClN3O3S.